The fraction of sp³-hybridized carbons (Fsp3) is 0.357. The Morgan fingerprint density at radius 3 is 3.17 bits per heavy atom. The minimum absolute atomic E-state index is 0.415. The van der Waals surface area contributed by atoms with Crippen molar-refractivity contribution in [3.8, 4) is 11.4 Å². The maximum atomic E-state index is 5.27. The molecule has 1 saturated heterocycles. The van der Waals surface area contributed by atoms with Crippen LogP contribution in [0.2, 0.25) is 0 Å². The van der Waals surface area contributed by atoms with E-state index < -0.39 is 0 Å². The zero-order valence-electron chi connectivity index (χ0n) is 10.5. The minimum atomic E-state index is 0.415. The van der Waals surface area contributed by atoms with Crippen LogP contribution in [0.3, 0.4) is 0 Å². The van der Waals surface area contributed by atoms with Crippen molar-refractivity contribution >= 4 is 0 Å². The summed E-state index contributed by atoms with van der Waals surface area (Å²) in [4.78, 5) is 4.28. The molecule has 1 aliphatic heterocycles. The van der Waals surface area contributed by atoms with E-state index in [1.54, 1.807) is 7.11 Å². The van der Waals surface area contributed by atoms with E-state index >= 15 is 0 Å². The molecule has 0 aliphatic carbocycles. The Kier molecular flexibility index (Phi) is 3.02. The molecule has 1 N–H and O–H groups in total. The van der Waals surface area contributed by atoms with Gasteiger partial charge in [-0.25, -0.2) is 4.98 Å². The van der Waals surface area contributed by atoms with Crippen LogP contribution in [0.25, 0.3) is 5.69 Å². The van der Waals surface area contributed by atoms with Gasteiger partial charge in [0.1, 0.15) is 5.75 Å². The number of methoxy groups -OCH3 is 1. The Hall–Kier alpha value is -1.81. The van der Waals surface area contributed by atoms with Crippen LogP contribution in [-0.4, -0.2) is 23.2 Å². The summed E-state index contributed by atoms with van der Waals surface area (Å²) in [6, 6.07) is 8.47. The number of aromatic nitrogens is 2. The van der Waals surface area contributed by atoms with E-state index in [-0.39, 0.29) is 0 Å². The largest absolute Gasteiger partial charge is 0.497 e. The van der Waals surface area contributed by atoms with Gasteiger partial charge < -0.3 is 14.6 Å². The molecule has 2 aromatic rings. The van der Waals surface area contributed by atoms with Crippen molar-refractivity contribution in [1.29, 1.82) is 0 Å². The molecule has 0 amide bonds. The van der Waals surface area contributed by atoms with Crippen LogP contribution in [0.1, 0.15) is 24.6 Å². The number of imidazole rings is 1. The Balaban J connectivity index is 1.98. The lowest BCUT2D eigenvalue weighted by atomic mass is 10.1. The number of ether oxygens (including phenoxy) is 1. The van der Waals surface area contributed by atoms with E-state index in [0.29, 0.717) is 6.04 Å². The summed E-state index contributed by atoms with van der Waals surface area (Å²) in [5.41, 5.74) is 2.32. The third-order valence-corrected chi connectivity index (χ3v) is 3.42. The normalized spacial score (nSPS) is 19.1. The molecule has 1 aromatic carbocycles. The van der Waals surface area contributed by atoms with Crippen LogP contribution in [0.5, 0.6) is 5.75 Å². The predicted molar refractivity (Wildman–Crippen MR) is 70.1 cm³/mol. The fourth-order valence-corrected chi connectivity index (χ4v) is 2.48. The van der Waals surface area contributed by atoms with Crippen molar-refractivity contribution in [2.45, 2.75) is 18.9 Å². The first-order valence-electron chi connectivity index (χ1n) is 6.28. The zero-order valence-corrected chi connectivity index (χ0v) is 10.5. The fourth-order valence-electron chi connectivity index (χ4n) is 2.48. The summed E-state index contributed by atoms with van der Waals surface area (Å²) >= 11 is 0. The Labute approximate surface area is 107 Å². The molecule has 3 rings (SSSR count). The van der Waals surface area contributed by atoms with Gasteiger partial charge in [-0.15, -0.1) is 0 Å². The van der Waals surface area contributed by atoms with Gasteiger partial charge in [-0.1, -0.05) is 6.07 Å². The topological polar surface area (TPSA) is 39.1 Å². The molecule has 4 heteroatoms. The van der Waals surface area contributed by atoms with Crippen molar-refractivity contribution in [3.05, 3.63) is 42.5 Å². The quantitative estimate of drug-likeness (QED) is 0.899. The molecular formula is C14H17N3O. The molecular weight excluding hydrogens is 226 g/mol. The van der Waals surface area contributed by atoms with E-state index in [2.05, 4.69) is 20.9 Å². The second-order valence-corrected chi connectivity index (χ2v) is 4.54. The minimum Gasteiger partial charge on any atom is -0.497 e. The average Bonchev–Trinajstić information content (AvgIpc) is 3.09. The SMILES string of the molecule is COc1cccc(-n2cncc2[C@@H]2CCCN2)c1. The van der Waals surface area contributed by atoms with Gasteiger partial charge in [0, 0.05) is 12.1 Å². The molecule has 18 heavy (non-hydrogen) atoms. The van der Waals surface area contributed by atoms with Crippen molar-refractivity contribution in [2.24, 2.45) is 0 Å². The average molecular weight is 243 g/mol. The van der Waals surface area contributed by atoms with Crippen molar-refractivity contribution in [2.75, 3.05) is 13.7 Å². The van der Waals surface area contributed by atoms with Gasteiger partial charge in [0.25, 0.3) is 0 Å². The van der Waals surface area contributed by atoms with Crippen LogP contribution >= 0.6 is 0 Å². The van der Waals surface area contributed by atoms with Crippen LogP contribution < -0.4 is 10.1 Å². The zero-order chi connectivity index (χ0) is 12.4. The smallest absolute Gasteiger partial charge is 0.120 e. The van der Waals surface area contributed by atoms with Crippen LogP contribution in [0, 0.1) is 0 Å². The molecule has 2 heterocycles. The molecule has 0 bridgehead atoms. The summed E-state index contributed by atoms with van der Waals surface area (Å²) in [6.45, 7) is 1.09. The summed E-state index contributed by atoms with van der Waals surface area (Å²) < 4.78 is 7.40. The van der Waals surface area contributed by atoms with Gasteiger partial charge in [0.15, 0.2) is 0 Å². The van der Waals surface area contributed by atoms with Crippen LogP contribution in [0.4, 0.5) is 0 Å². The Morgan fingerprint density at radius 1 is 1.44 bits per heavy atom. The third-order valence-electron chi connectivity index (χ3n) is 3.42. The molecule has 1 aliphatic rings. The Morgan fingerprint density at radius 2 is 2.39 bits per heavy atom. The van der Waals surface area contributed by atoms with Crippen molar-refractivity contribution in [3.63, 3.8) is 0 Å². The lowest BCUT2D eigenvalue weighted by Gasteiger charge is -2.14. The maximum absolute atomic E-state index is 5.27. The summed E-state index contributed by atoms with van der Waals surface area (Å²) in [5, 5.41) is 3.51. The molecule has 0 spiro atoms. The van der Waals surface area contributed by atoms with Gasteiger partial charge >= 0.3 is 0 Å². The molecule has 0 saturated carbocycles. The molecule has 4 nitrogen and oxygen atoms in total. The van der Waals surface area contributed by atoms with E-state index in [0.717, 1.165) is 18.0 Å². The lowest BCUT2D eigenvalue weighted by molar-refractivity contribution is 0.414. The summed E-state index contributed by atoms with van der Waals surface area (Å²) in [7, 11) is 1.69. The van der Waals surface area contributed by atoms with E-state index in [1.807, 2.05) is 30.7 Å². The number of hydrogen-bond acceptors (Lipinski definition) is 3. The maximum Gasteiger partial charge on any atom is 0.120 e. The number of hydrogen-bond donors (Lipinski definition) is 1. The standard InChI is InChI=1S/C14H17N3O/c1-18-12-5-2-4-11(8-12)17-10-15-9-14(17)13-6-3-7-16-13/h2,4-5,8-10,13,16H,3,6-7H2,1H3/t13-/m0/s1. The van der Waals surface area contributed by atoms with Crippen molar-refractivity contribution in [1.82, 2.24) is 14.9 Å². The van der Waals surface area contributed by atoms with E-state index in [9.17, 15) is 0 Å². The second-order valence-electron chi connectivity index (χ2n) is 4.54. The molecule has 1 aromatic heterocycles. The molecule has 1 atom stereocenters. The number of nitrogens with one attached hydrogen (secondary N) is 1. The van der Waals surface area contributed by atoms with Gasteiger partial charge in [-0.05, 0) is 31.5 Å². The van der Waals surface area contributed by atoms with E-state index in [1.165, 1.54) is 18.5 Å². The highest BCUT2D eigenvalue weighted by Gasteiger charge is 2.20. The van der Waals surface area contributed by atoms with Crippen LogP contribution in [0.15, 0.2) is 36.8 Å². The number of rotatable bonds is 3. The highest BCUT2D eigenvalue weighted by molar-refractivity contribution is 5.40. The van der Waals surface area contributed by atoms with Gasteiger partial charge in [0.2, 0.25) is 0 Å². The first-order chi connectivity index (χ1) is 8.88. The van der Waals surface area contributed by atoms with E-state index in [4.69, 9.17) is 4.74 Å². The second kappa shape index (κ2) is 4.82. The third kappa shape index (κ3) is 1.99. The monoisotopic (exact) mass is 243 g/mol. The molecule has 0 unspecified atom stereocenters. The summed E-state index contributed by atoms with van der Waals surface area (Å²) in [5.74, 6) is 0.867. The van der Waals surface area contributed by atoms with Crippen LogP contribution in [-0.2, 0) is 0 Å². The van der Waals surface area contributed by atoms with Gasteiger partial charge in [-0.3, -0.25) is 0 Å². The first-order valence-corrected chi connectivity index (χ1v) is 6.28. The molecule has 94 valence electrons. The van der Waals surface area contributed by atoms with Crippen molar-refractivity contribution < 1.29 is 4.74 Å². The van der Waals surface area contributed by atoms with Gasteiger partial charge in [0.05, 0.1) is 31.0 Å². The first kappa shape index (κ1) is 11.3. The molecule has 1 fully saturated rings. The Bertz CT molecular complexity index is 529. The number of benzene rings is 1. The highest BCUT2D eigenvalue weighted by Crippen LogP contribution is 2.26. The predicted octanol–water partition coefficient (Wildman–Crippen LogP) is 2.31. The lowest BCUT2D eigenvalue weighted by Crippen LogP contribution is -2.16. The highest BCUT2D eigenvalue weighted by atomic mass is 16.5. The van der Waals surface area contributed by atoms with Gasteiger partial charge in [-0.2, -0.15) is 0 Å². The molecule has 0 radical (unpaired) electrons. The number of nitrogens with zero attached hydrogens (tertiary/aromatic N) is 2. The summed E-state index contributed by atoms with van der Waals surface area (Å²) in [6.07, 6.45) is 6.22.